The third-order valence-electron chi connectivity index (χ3n) is 5.12. The van der Waals surface area contributed by atoms with E-state index >= 15 is 0 Å². The summed E-state index contributed by atoms with van der Waals surface area (Å²) in [5.74, 6) is 0.134. The van der Waals surface area contributed by atoms with Crippen molar-refractivity contribution in [3.63, 3.8) is 0 Å². The Morgan fingerprint density at radius 2 is 2.13 bits per heavy atom. The van der Waals surface area contributed by atoms with Crippen LogP contribution in [0.3, 0.4) is 0 Å². The summed E-state index contributed by atoms with van der Waals surface area (Å²) in [7, 11) is 0. The first-order chi connectivity index (χ1) is 14.6. The van der Waals surface area contributed by atoms with Crippen LogP contribution in [-0.2, 0) is 4.74 Å². The second kappa shape index (κ2) is 10.4. The lowest BCUT2D eigenvalue weighted by Gasteiger charge is -2.08. The Hall–Kier alpha value is -3.46. The highest BCUT2D eigenvalue weighted by atomic mass is 16.5. The van der Waals surface area contributed by atoms with Crippen molar-refractivity contribution >= 4 is 17.4 Å². The molecule has 6 heteroatoms. The van der Waals surface area contributed by atoms with E-state index in [9.17, 15) is 4.79 Å². The fourth-order valence-electron chi connectivity index (χ4n) is 3.43. The van der Waals surface area contributed by atoms with Gasteiger partial charge < -0.3 is 4.74 Å². The molecule has 1 aliphatic rings. The second-order valence-corrected chi connectivity index (χ2v) is 7.31. The average Bonchev–Trinajstić information content (AvgIpc) is 3.28. The van der Waals surface area contributed by atoms with Crippen LogP contribution in [0.1, 0.15) is 59.8 Å². The zero-order chi connectivity index (χ0) is 21.3. The van der Waals surface area contributed by atoms with Gasteiger partial charge in [0.25, 0.3) is 0 Å². The fourth-order valence-corrected chi connectivity index (χ4v) is 3.43. The van der Waals surface area contributed by atoms with Crippen LogP contribution in [0.25, 0.3) is 0 Å². The zero-order valence-electron chi connectivity index (χ0n) is 17.4. The molecular weight excluding hydrogens is 376 g/mol. The first-order valence-corrected chi connectivity index (χ1v) is 10.3. The predicted molar refractivity (Wildman–Crippen MR) is 117 cm³/mol. The summed E-state index contributed by atoms with van der Waals surface area (Å²) in [5.41, 5.74) is 7.21. The number of hydrogen-bond donors (Lipinski definition) is 1. The third-order valence-corrected chi connectivity index (χ3v) is 5.12. The zero-order valence-corrected chi connectivity index (χ0v) is 17.4. The maximum atomic E-state index is 11.9. The second-order valence-electron chi connectivity index (χ2n) is 7.31. The maximum absolute atomic E-state index is 11.9. The predicted octanol–water partition coefficient (Wildman–Crippen LogP) is 5.00. The highest BCUT2D eigenvalue weighted by molar-refractivity contribution is 6.09. The first kappa shape index (κ1) is 21.3. The van der Waals surface area contributed by atoms with Gasteiger partial charge in [-0.2, -0.15) is 10.4 Å². The number of rotatable bonds is 7. The summed E-state index contributed by atoms with van der Waals surface area (Å²) in [6, 6.07) is 11.1. The van der Waals surface area contributed by atoms with Gasteiger partial charge in [0.05, 0.1) is 29.6 Å². The Morgan fingerprint density at radius 3 is 2.77 bits per heavy atom. The monoisotopic (exact) mass is 402 g/mol. The Balaban J connectivity index is 1.84. The summed E-state index contributed by atoms with van der Waals surface area (Å²) < 4.78 is 5.00. The van der Waals surface area contributed by atoms with E-state index in [0.29, 0.717) is 18.1 Å². The molecule has 0 radical (unpaired) electrons. The third kappa shape index (κ3) is 5.54. The Bertz CT molecular complexity index is 981. The van der Waals surface area contributed by atoms with Crippen molar-refractivity contribution in [3.05, 3.63) is 71.1 Å². The number of nitrogens with zero attached hydrogens (tertiary/aromatic N) is 3. The van der Waals surface area contributed by atoms with Gasteiger partial charge in [0.15, 0.2) is 0 Å². The molecule has 154 valence electrons. The maximum Gasteiger partial charge on any atom is 0.356 e. The number of ether oxygens (including phenoxy) is 1. The smallest absolute Gasteiger partial charge is 0.356 e. The quantitative estimate of drug-likeness (QED) is 0.400. The lowest BCUT2D eigenvalue weighted by atomic mass is 10.1. The average molecular weight is 402 g/mol. The SMILES string of the molecule is CCOC(=O)c1ccc(C(/C=C/C2CCCC2)=N/Nc2ccc(C#N)c(C)c2)cn1. The van der Waals surface area contributed by atoms with Crippen molar-refractivity contribution < 1.29 is 9.53 Å². The Kier molecular flexibility index (Phi) is 7.34. The van der Waals surface area contributed by atoms with Crippen LogP contribution in [0.5, 0.6) is 0 Å². The lowest BCUT2D eigenvalue weighted by Crippen LogP contribution is -2.09. The molecule has 1 heterocycles. The van der Waals surface area contributed by atoms with E-state index in [1.807, 2.05) is 31.2 Å². The van der Waals surface area contributed by atoms with Crippen molar-refractivity contribution in [1.82, 2.24) is 4.98 Å². The van der Waals surface area contributed by atoms with Gasteiger partial charge in [-0.15, -0.1) is 0 Å². The van der Waals surface area contributed by atoms with Gasteiger partial charge in [-0.3, -0.25) is 5.43 Å². The fraction of sp³-hybridized carbons (Fsp3) is 0.333. The molecule has 0 atom stereocenters. The van der Waals surface area contributed by atoms with Crippen molar-refractivity contribution in [1.29, 1.82) is 5.26 Å². The number of nitriles is 1. The summed E-state index contributed by atoms with van der Waals surface area (Å²) >= 11 is 0. The number of allylic oxidation sites excluding steroid dienone is 2. The number of carbonyl (C=O) groups is 1. The number of esters is 1. The van der Waals surface area contributed by atoms with E-state index in [1.54, 1.807) is 25.3 Å². The minimum atomic E-state index is -0.435. The van der Waals surface area contributed by atoms with Gasteiger partial charge in [0.2, 0.25) is 0 Å². The molecule has 30 heavy (non-hydrogen) atoms. The minimum absolute atomic E-state index is 0.274. The molecule has 0 unspecified atom stereocenters. The molecule has 1 aromatic carbocycles. The van der Waals surface area contributed by atoms with E-state index < -0.39 is 5.97 Å². The molecule has 6 nitrogen and oxygen atoms in total. The van der Waals surface area contributed by atoms with Crippen LogP contribution >= 0.6 is 0 Å². The Labute approximate surface area is 177 Å². The molecule has 0 bridgehead atoms. The molecule has 2 aromatic rings. The van der Waals surface area contributed by atoms with E-state index in [2.05, 4.69) is 27.7 Å². The lowest BCUT2D eigenvalue weighted by molar-refractivity contribution is 0.0519. The van der Waals surface area contributed by atoms with E-state index in [1.165, 1.54) is 25.7 Å². The molecule has 1 N–H and O–H groups in total. The number of anilines is 1. The van der Waals surface area contributed by atoms with Gasteiger partial charge in [-0.25, -0.2) is 9.78 Å². The van der Waals surface area contributed by atoms with Gasteiger partial charge in [-0.05, 0) is 74.6 Å². The highest BCUT2D eigenvalue weighted by Crippen LogP contribution is 2.26. The van der Waals surface area contributed by atoms with Crippen LogP contribution in [0, 0.1) is 24.2 Å². The summed E-state index contributed by atoms with van der Waals surface area (Å²) in [5, 5.41) is 13.7. The molecular formula is C24H26N4O2. The van der Waals surface area contributed by atoms with Gasteiger partial charge in [0.1, 0.15) is 5.69 Å². The largest absolute Gasteiger partial charge is 0.461 e. The topological polar surface area (TPSA) is 87.4 Å². The molecule has 0 aliphatic heterocycles. The van der Waals surface area contributed by atoms with Gasteiger partial charge >= 0.3 is 5.97 Å². The van der Waals surface area contributed by atoms with Crippen molar-refractivity contribution in [2.24, 2.45) is 11.0 Å². The van der Waals surface area contributed by atoms with Crippen molar-refractivity contribution in [2.75, 3.05) is 12.0 Å². The van der Waals surface area contributed by atoms with Crippen LogP contribution in [0.4, 0.5) is 5.69 Å². The molecule has 1 fully saturated rings. The summed E-state index contributed by atoms with van der Waals surface area (Å²) in [4.78, 5) is 16.1. The number of benzene rings is 1. The number of aryl methyl sites for hydroxylation is 1. The van der Waals surface area contributed by atoms with Crippen LogP contribution in [0.2, 0.25) is 0 Å². The first-order valence-electron chi connectivity index (χ1n) is 10.3. The highest BCUT2D eigenvalue weighted by Gasteiger charge is 2.13. The number of carbonyl (C=O) groups excluding carboxylic acids is 1. The normalized spacial score (nSPS) is 14.6. The number of hydrogen-bond acceptors (Lipinski definition) is 6. The van der Waals surface area contributed by atoms with Crippen LogP contribution in [0.15, 0.2) is 53.8 Å². The van der Waals surface area contributed by atoms with Crippen molar-refractivity contribution in [3.8, 4) is 6.07 Å². The van der Waals surface area contributed by atoms with E-state index in [4.69, 9.17) is 10.00 Å². The number of aromatic nitrogens is 1. The molecule has 0 amide bonds. The summed E-state index contributed by atoms with van der Waals surface area (Å²) in [6.45, 7) is 3.97. The standard InChI is InChI=1S/C24H26N4O2/c1-3-30-24(29)23-13-10-20(16-26-23)22(12-8-18-6-4-5-7-18)28-27-21-11-9-19(15-25)17(2)14-21/h8-14,16,18,27H,3-7H2,1-2H3/b12-8+,28-22+. The molecule has 1 saturated carbocycles. The number of nitrogens with one attached hydrogen (secondary N) is 1. The molecule has 1 aliphatic carbocycles. The van der Waals surface area contributed by atoms with Gasteiger partial charge in [0, 0.05) is 11.8 Å². The van der Waals surface area contributed by atoms with Crippen LogP contribution in [-0.4, -0.2) is 23.3 Å². The molecule has 0 saturated heterocycles. The van der Waals surface area contributed by atoms with E-state index in [0.717, 1.165) is 22.5 Å². The summed E-state index contributed by atoms with van der Waals surface area (Å²) in [6.07, 6.45) is 10.8. The minimum Gasteiger partial charge on any atom is -0.461 e. The Morgan fingerprint density at radius 1 is 1.33 bits per heavy atom. The number of pyridine rings is 1. The van der Waals surface area contributed by atoms with Crippen LogP contribution < -0.4 is 5.43 Å². The molecule has 1 aromatic heterocycles. The number of hydrazone groups is 1. The molecule has 3 rings (SSSR count). The van der Waals surface area contributed by atoms with Crippen molar-refractivity contribution in [2.45, 2.75) is 39.5 Å². The van der Waals surface area contributed by atoms with Gasteiger partial charge in [-0.1, -0.05) is 18.9 Å². The van der Waals surface area contributed by atoms with E-state index in [-0.39, 0.29) is 5.69 Å². The molecule has 0 spiro atoms.